The Bertz CT molecular complexity index is 455. The molecule has 2 heterocycles. The van der Waals surface area contributed by atoms with E-state index in [4.69, 9.17) is 5.11 Å². The summed E-state index contributed by atoms with van der Waals surface area (Å²) >= 11 is 0. The van der Waals surface area contributed by atoms with Crippen LogP contribution >= 0.6 is 0 Å². The van der Waals surface area contributed by atoms with Gasteiger partial charge in [-0.05, 0) is 5.92 Å². The summed E-state index contributed by atoms with van der Waals surface area (Å²) in [6.45, 7) is 2.60. The highest BCUT2D eigenvalue weighted by atomic mass is 16.4. The van der Waals surface area contributed by atoms with Gasteiger partial charge in [0.25, 0.3) is 5.91 Å². The minimum Gasteiger partial charge on any atom is -0.481 e. The van der Waals surface area contributed by atoms with Crippen LogP contribution in [0, 0.1) is 11.8 Å². The molecule has 1 fully saturated rings. The molecule has 1 N–H and O–H groups in total. The number of carbonyl (C=O) groups is 2. The van der Waals surface area contributed by atoms with Crippen LogP contribution in [0.4, 0.5) is 0 Å². The molecule has 0 aliphatic carbocycles. The highest BCUT2D eigenvalue weighted by Crippen LogP contribution is 2.24. The second-order valence-corrected chi connectivity index (χ2v) is 4.56. The monoisotopic (exact) mass is 237 g/mol. The van der Waals surface area contributed by atoms with Crippen LogP contribution in [0.1, 0.15) is 17.4 Å². The zero-order valence-electron chi connectivity index (χ0n) is 9.83. The Morgan fingerprint density at radius 2 is 2.18 bits per heavy atom. The standard InChI is InChI=1S/C11H15N3O3/c1-7-3-14(4-8(7)11(16)17)10(15)9-5-13(2)6-12-9/h5-8H,3-4H2,1-2H3,(H,16,17). The maximum absolute atomic E-state index is 12.0. The van der Waals surface area contributed by atoms with Gasteiger partial charge in [-0.3, -0.25) is 9.59 Å². The van der Waals surface area contributed by atoms with E-state index < -0.39 is 11.9 Å². The first kappa shape index (κ1) is 11.6. The summed E-state index contributed by atoms with van der Waals surface area (Å²) in [5, 5.41) is 9.00. The van der Waals surface area contributed by atoms with Crippen molar-refractivity contribution >= 4 is 11.9 Å². The summed E-state index contributed by atoms with van der Waals surface area (Å²) in [7, 11) is 1.79. The smallest absolute Gasteiger partial charge is 0.308 e. The van der Waals surface area contributed by atoms with E-state index in [0.717, 1.165) is 0 Å². The molecule has 6 nitrogen and oxygen atoms in total. The molecule has 2 atom stereocenters. The number of rotatable bonds is 2. The molecule has 1 aliphatic heterocycles. The average molecular weight is 237 g/mol. The Balaban J connectivity index is 2.10. The molecule has 2 unspecified atom stereocenters. The second kappa shape index (κ2) is 4.20. The molecular formula is C11H15N3O3. The van der Waals surface area contributed by atoms with Crippen molar-refractivity contribution in [3.63, 3.8) is 0 Å². The van der Waals surface area contributed by atoms with Gasteiger partial charge in [-0.15, -0.1) is 0 Å². The number of amides is 1. The number of hydrogen-bond donors (Lipinski definition) is 1. The molecule has 1 aromatic rings. The highest BCUT2D eigenvalue weighted by Gasteiger charge is 2.37. The van der Waals surface area contributed by atoms with E-state index in [1.165, 1.54) is 0 Å². The lowest BCUT2D eigenvalue weighted by Gasteiger charge is -2.13. The van der Waals surface area contributed by atoms with Crippen LogP contribution in [0.3, 0.4) is 0 Å². The van der Waals surface area contributed by atoms with Gasteiger partial charge in [-0.25, -0.2) is 4.98 Å². The maximum Gasteiger partial charge on any atom is 0.308 e. The van der Waals surface area contributed by atoms with E-state index in [-0.39, 0.29) is 18.4 Å². The summed E-state index contributed by atoms with van der Waals surface area (Å²) < 4.78 is 1.70. The van der Waals surface area contributed by atoms with Gasteiger partial charge in [0.15, 0.2) is 0 Å². The predicted molar refractivity (Wildman–Crippen MR) is 59.4 cm³/mol. The fraction of sp³-hybridized carbons (Fsp3) is 0.545. The van der Waals surface area contributed by atoms with Crippen molar-refractivity contribution in [1.82, 2.24) is 14.5 Å². The number of aliphatic carboxylic acids is 1. The molecule has 6 heteroatoms. The highest BCUT2D eigenvalue weighted by molar-refractivity contribution is 5.92. The number of imidazole rings is 1. The Labute approximate surface area is 98.9 Å². The first-order valence-corrected chi connectivity index (χ1v) is 5.49. The molecule has 92 valence electrons. The molecule has 0 bridgehead atoms. The number of aryl methyl sites for hydroxylation is 1. The molecule has 2 rings (SSSR count). The molecule has 1 aromatic heterocycles. The zero-order valence-corrected chi connectivity index (χ0v) is 9.83. The van der Waals surface area contributed by atoms with Crippen LogP contribution < -0.4 is 0 Å². The van der Waals surface area contributed by atoms with Crippen molar-refractivity contribution < 1.29 is 14.7 Å². The van der Waals surface area contributed by atoms with Crippen LogP contribution in [0.15, 0.2) is 12.5 Å². The fourth-order valence-corrected chi connectivity index (χ4v) is 2.14. The van der Waals surface area contributed by atoms with Gasteiger partial charge in [-0.1, -0.05) is 6.92 Å². The van der Waals surface area contributed by atoms with Crippen molar-refractivity contribution in [2.45, 2.75) is 6.92 Å². The molecule has 17 heavy (non-hydrogen) atoms. The summed E-state index contributed by atoms with van der Waals surface area (Å²) in [4.78, 5) is 28.5. The van der Waals surface area contributed by atoms with Crippen molar-refractivity contribution in [3.05, 3.63) is 18.2 Å². The number of carbonyl (C=O) groups excluding carboxylic acids is 1. The van der Waals surface area contributed by atoms with Crippen molar-refractivity contribution in [3.8, 4) is 0 Å². The molecule has 1 aliphatic rings. The number of likely N-dealkylation sites (tertiary alicyclic amines) is 1. The molecule has 0 spiro atoms. The van der Waals surface area contributed by atoms with Gasteiger partial charge >= 0.3 is 5.97 Å². The Hall–Kier alpha value is -1.85. The largest absolute Gasteiger partial charge is 0.481 e. The maximum atomic E-state index is 12.0. The molecule has 0 saturated carbocycles. The summed E-state index contributed by atoms with van der Waals surface area (Å²) in [5.41, 5.74) is 0.366. The third-order valence-corrected chi connectivity index (χ3v) is 3.14. The lowest BCUT2D eigenvalue weighted by Crippen LogP contribution is -2.30. The lowest BCUT2D eigenvalue weighted by molar-refractivity contribution is -0.142. The molecule has 1 amide bonds. The number of carboxylic acids is 1. The fourth-order valence-electron chi connectivity index (χ4n) is 2.14. The number of nitrogens with zero attached hydrogens (tertiary/aromatic N) is 3. The third kappa shape index (κ3) is 2.15. The Morgan fingerprint density at radius 3 is 2.65 bits per heavy atom. The molecule has 1 saturated heterocycles. The number of carboxylic acid groups (broad SMARTS) is 1. The van der Waals surface area contributed by atoms with Crippen LogP contribution in [0.25, 0.3) is 0 Å². The average Bonchev–Trinajstić information content (AvgIpc) is 2.83. The number of aromatic nitrogens is 2. The SMILES string of the molecule is CC1CN(C(=O)c2cn(C)cn2)CC1C(=O)O. The number of hydrogen-bond acceptors (Lipinski definition) is 3. The van der Waals surface area contributed by atoms with Gasteiger partial charge in [-0.2, -0.15) is 0 Å². The first-order chi connectivity index (χ1) is 7.99. The van der Waals surface area contributed by atoms with Gasteiger partial charge in [0.1, 0.15) is 5.69 Å². The van der Waals surface area contributed by atoms with Crippen LogP contribution in [0.2, 0.25) is 0 Å². The summed E-state index contributed by atoms with van der Waals surface area (Å²) in [6, 6.07) is 0. The first-order valence-electron chi connectivity index (χ1n) is 5.49. The molecular weight excluding hydrogens is 222 g/mol. The van der Waals surface area contributed by atoms with E-state index in [1.54, 1.807) is 29.0 Å². The van der Waals surface area contributed by atoms with Gasteiger partial charge in [0.2, 0.25) is 0 Å². The zero-order chi connectivity index (χ0) is 12.6. The van der Waals surface area contributed by atoms with E-state index in [9.17, 15) is 9.59 Å². The van der Waals surface area contributed by atoms with Crippen molar-refractivity contribution in [1.29, 1.82) is 0 Å². The minimum atomic E-state index is -0.839. The van der Waals surface area contributed by atoms with E-state index in [1.807, 2.05) is 6.92 Å². The lowest BCUT2D eigenvalue weighted by atomic mass is 9.99. The summed E-state index contributed by atoms with van der Waals surface area (Å²) in [5.74, 6) is -1.52. The second-order valence-electron chi connectivity index (χ2n) is 4.56. The van der Waals surface area contributed by atoms with Crippen molar-refractivity contribution in [2.24, 2.45) is 18.9 Å². The van der Waals surface area contributed by atoms with Gasteiger partial charge in [0.05, 0.1) is 12.2 Å². The quantitative estimate of drug-likeness (QED) is 0.798. The van der Waals surface area contributed by atoms with Crippen LogP contribution in [0.5, 0.6) is 0 Å². The predicted octanol–water partition coefficient (Wildman–Crippen LogP) is 0.213. The Morgan fingerprint density at radius 1 is 1.47 bits per heavy atom. The van der Waals surface area contributed by atoms with Gasteiger partial charge < -0.3 is 14.6 Å². The Kier molecular flexibility index (Phi) is 2.87. The topological polar surface area (TPSA) is 75.4 Å². The normalized spacial score (nSPS) is 24.0. The molecule has 0 aromatic carbocycles. The molecule has 0 radical (unpaired) electrons. The van der Waals surface area contributed by atoms with Gasteiger partial charge in [0, 0.05) is 26.3 Å². The van der Waals surface area contributed by atoms with Crippen LogP contribution in [-0.4, -0.2) is 44.5 Å². The van der Waals surface area contributed by atoms with E-state index in [0.29, 0.717) is 12.2 Å². The van der Waals surface area contributed by atoms with Crippen molar-refractivity contribution in [2.75, 3.05) is 13.1 Å². The van der Waals surface area contributed by atoms with Crippen LogP contribution in [-0.2, 0) is 11.8 Å². The third-order valence-electron chi connectivity index (χ3n) is 3.14. The van der Waals surface area contributed by atoms with E-state index in [2.05, 4.69) is 4.98 Å². The van der Waals surface area contributed by atoms with E-state index >= 15 is 0 Å². The summed E-state index contributed by atoms with van der Waals surface area (Å²) in [6.07, 6.45) is 3.20. The minimum absolute atomic E-state index is 0.0137.